The maximum Gasteiger partial charge on any atom is 0.306 e. The Morgan fingerprint density at radius 2 is 1.85 bits per heavy atom. The smallest absolute Gasteiger partial charge is 0.306 e. The molecular weight excluding hydrogens is 516 g/mol. The van der Waals surface area contributed by atoms with Crippen LogP contribution in [0.4, 0.5) is 11.4 Å². The summed E-state index contributed by atoms with van der Waals surface area (Å²) in [6, 6.07) is 15.3. The van der Waals surface area contributed by atoms with Crippen LogP contribution in [0.3, 0.4) is 0 Å². The molecule has 208 valence electrons. The zero-order valence-electron chi connectivity index (χ0n) is 22.1. The fraction of sp³-hybridized carbons (Fsp3) is 0.286. The quantitative estimate of drug-likeness (QED) is 0.278. The summed E-state index contributed by atoms with van der Waals surface area (Å²) in [6.45, 7) is 1.43. The molecule has 2 heterocycles. The van der Waals surface area contributed by atoms with Gasteiger partial charge in [-0.1, -0.05) is 42.5 Å². The van der Waals surface area contributed by atoms with Gasteiger partial charge in [0.1, 0.15) is 18.1 Å². The molecule has 1 fully saturated rings. The van der Waals surface area contributed by atoms with Gasteiger partial charge in [-0.3, -0.25) is 28.5 Å². The van der Waals surface area contributed by atoms with E-state index in [1.165, 1.54) is 10.8 Å². The Kier molecular flexibility index (Phi) is 9.02. The van der Waals surface area contributed by atoms with Crippen LogP contribution in [0.25, 0.3) is 11.4 Å². The Bertz CT molecular complexity index is 1470. The minimum atomic E-state index is -0.816. The van der Waals surface area contributed by atoms with Crippen molar-refractivity contribution in [1.29, 1.82) is 0 Å². The highest BCUT2D eigenvalue weighted by molar-refractivity contribution is 5.96. The lowest BCUT2D eigenvalue weighted by Crippen LogP contribution is -2.39. The van der Waals surface area contributed by atoms with Crippen LogP contribution in [0.2, 0.25) is 0 Å². The predicted octanol–water partition coefficient (Wildman–Crippen LogP) is 1.42. The number of aromatic nitrogens is 2. The number of ether oxygens (including phenoxy) is 1. The van der Waals surface area contributed by atoms with Crippen molar-refractivity contribution in [2.45, 2.75) is 45.0 Å². The van der Waals surface area contributed by atoms with E-state index >= 15 is 0 Å². The van der Waals surface area contributed by atoms with Crippen molar-refractivity contribution >= 4 is 35.1 Å². The molecule has 0 radical (unpaired) electrons. The minimum Gasteiger partial charge on any atom is -0.452 e. The third-order valence-corrected chi connectivity index (χ3v) is 6.33. The lowest BCUT2D eigenvalue weighted by molar-refractivity contribution is -0.146. The van der Waals surface area contributed by atoms with Gasteiger partial charge in [0.25, 0.3) is 11.5 Å². The normalized spacial score (nSPS) is 15.2. The highest BCUT2D eigenvalue weighted by atomic mass is 16.6. The number of rotatable bonds is 10. The Balaban J connectivity index is 1.47. The van der Waals surface area contributed by atoms with Crippen LogP contribution in [0.1, 0.15) is 25.3 Å². The molecule has 2 atom stereocenters. The average Bonchev–Trinajstić information content (AvgIpc) is 3.40. The summed E-state index contributed by atoms with van der Waals surface area (Å²) >= 11 is 0. The summed E-state index contributed by atoms with van der Waals surface area (Å²) in [6.07, 6.45) is 1.01. The first kappa shape index (κ1) is 28.2. The number of hydrogen-bond acceptors (Lipinski definition) is 8. The van der Waals surface area contributed by atoms with Gasteiger partial charge in [-0.2, -0.15) is 0 Å². The monoisotopic (exact) mass is 546 g/mol. The molecule has 1 aliphatic rings. The van der Waals surface area contributed by atoms with E-state index in [2.05, 4.69) is 26.3 Å². The van der Waals surface area contributed by atoms with E-state index in [1.807, 2.05) is 6.07 Å². The van der Waals surface area contributed by atoms with Gasteiger partial charge in [-0.15, -0.1) is 0 Å². The fourth-order valence-corrected chi connectivity index (χ4v) is 4.01. The zero-order chi connectivity index (χ0) is 28.6. The second-order valence-corrected chi connectivity index (χ2v) is 9.24. The molecule has 0 bridgehead atoms. The number of benzene rings is 2. The molecule has 12 heteroatoms. The topological polar surface area (TPSA) is 161 Å². The molecule has 0 aliphatic carbocycles. The molecule has 0 saturated carbocycles. The van der Waals surface area contributed by atoms with E-state index < -0.39 is 41.4 Å². The fourth-order valence-electron chi connectivity index (χ4n) is 4.01. The van der Waals surface area contributed by atoms with Gasteiger partial charge in [-0.05, 0) is 31.7 Å². The summed E-state index contributed by atoms with van der Waals surface area (Å²) in [4.78, 5) is 66.6. The van der Waals surface area contributed by atoms with Crippen LogP contribution in [0, 0.1) is 0 Å². The third kappa shape index (κ3) is 6.97. The number of nitrogens with one attached hydrogen (secondary N) is 4. The molecular formula is C28H30N6O6. The molecule has 4 rings (SSSR count). The number of hydrogen-bond donors (Lipinski definition) is 4. The summed E-state index contributed by atoms with van der Waals surface area (Å²) in [5, 5.41) is 10.9. The highest BCUT2D eigenvalue weighted by Crippen LogP contribution is 2.18. The molecule has 0 spiro atoms. The first-order valence-electron chi connectivity index (χ1n) is 12.7. The van der Waals surface area contributed by atoms with E-state index in [1.54, 1.807) is 62.5 Å². The Morgan fingerprint density at radius 1 is 1.07 bits per heavy atom. The van der Waals surface area contributed by atoms with Gasteiger partial charge >= 0.3 is 5.97 Å². The van der Waals surface area contributed by atoms with Gasteiger partial charge in [0.2, 0.25) is 11.8 Å². The molecule has 1 saturated heterocycles. The van der Waals surface area contributed by atoms with Crippen LogP contribution >= 0.6 is 0 Å². The molecule has 1 aromatic heterocycles. The number of likely N-dealkylation sites (N-methyl/N-ethyl adjacent to an activating group) is 1. The van der Waals surface area contributed by atoms with Gasteiger partial charge < -0.3 is 26.0 Å². The lowest BCUT2D eigenvalue weighted by Gasteiger charge is -2.16. The number of amides is 3. The summed E-state index contributed by atoms with van der Waals surface area (Å²) in [5.74, 6) is -1.41. The number of esters is 1. The van der Waals surface area contributed by atoms with Gasteiger partial charge in [0.05, 0.1) is 12.2 Å². The SMILES string of the molecule is CNC(C)C(=O)Nc1cnc(-c2ccccc2)n(CC(=O)NCc2cccc(NC(=O)C3CCC(=O)O3)c2)c1=O. The van der Waals surface area contributed by atoms with Crippen molar-refractivity contribution in [2.24, 2.45) is 0 Å². The highest BCUT2D eigenvalue weighted by Gasteiger charge is 2.29. The van der Waals surface area contributed by atoms with Crippen molar-refractivity contribution in [1.82, 2.24) is 20.2 Å². The van der Waals surface area contributed by atoms with E-state index in [-0.39, 0.29) is 31.0 Å². The second-order valence-electron chi connectivity index (χ2n) is 9.24. The van der Waals surface area contributed by atoms with Crippen LogP contribution in [0.5, 0.6) is 0 Å². The third-order valence-electron chi connectivity index (χ3n) is 6.33. The van der Waals surface area contributed by atoms with Crippen molar-refractivity contribution in [3.05, 3.63) is 76.7 Å². The largest absolute Gasteiger partial charge is 0.452 e. The van der Waals surface area contributed by atoms with Crippen LogP contribution < -0.4 is 26.8 Å². The molecule has 4 N–H and O–H groups in total. The molecule has 3 aromatic rings. The lowest BCUT2D eigenvalue weighted by atomic mass is 10.2. The minimum absolute atomic E-state index is 0.0454. The zero-order valence-corrected chi connectivity index (χ0v) is 22.1. The average molecular weight is 547 g/mol. The molecule has 12 nitrogen and oxygen atoms in total. The molecule has 40 heavy (non-hydrogen) atoms. The van der Waals surface area contributed by atoms with E-state index in [4.69, 9.17) is 4.74 Å². The van der Waals surface area contributed by atoms with Crippen LogP contribution in [-0.2, 0) is 37.0 Å². The van der Waals surface area contributed by atoms with Crippen molar-refractivity contribution < 1.29 is 23.9 Å². The molecule has 3 amide bonds. The van der Waals surface area contributed by atoms with E-state index in [9.17, 15) is 24.0 Å². The number of carbonyl (C=O) groups is 4. The summed E-state index contributed by atoms with van der Waals surface area (Å²) < 4.78 is 6.20. The van der Waals surface area contributed by atoms with Gasteiger partial charge in [0, 0.05) is 30.6 Å². The maximum atomic E-state index is 13.3. The second kappa shape index (κ2) is 12.8. The molecule has 1 aliphatic heterocycles. The van der Waals surface area contributed by atoms with Crippen molar-refractivity contribution in [3.8, 4) is 11.4 Å². The Labute approximate surface area is 230 Å². The number of anilines is 2. The maximum absolute atomic E-state index is 13.3. The van der Waals surface area contributed by atoms with Crippen molar-refractivity contribution in [2.75, 3.05) is 17.7 Å². The first-order valence-corrected chi connectivity index (χ1v) is 12.7. The first-order chi connectivity index (χ1) is 19.2. The predicted molar refractivity (Wildman–Crippen MR) is 147 cm³/mol. The van der Waals surface area contributed by atoms with E-state index in [0.29, 0.717) is 23.2 Å². The summed E-state index contributed by atoms with van der Waals surface area (Å²) in [7, 11) is 1.62. The Morgan fingerprint density at radius 3 is 2.55 bits per heavy atom. The van der Waals surface area contributed by atoms with Crippen molar-refractivity contribution in [3.63, 3.8) is 0 Å². The van der Waals surface area contributed by atoms with Gasteiger partial charge in [0.15, 0.2) is 6.10 Å². The molecule has 2 aromatic carbocycles. The number of nitrogens with zero attached hydrogens (tertiary/aromatic N) is 2. The number of cyclic esters (lactones) is 1. The standard InChI is InChI=1S/C28H30N6O6/c1-17(29-2)26(37)33-21-15-31-25(19-8-4-3-5-9-19)34(28(21)39)16-23(35)30-14-18-7-6-10-20(13-18)32-27(38)22-11-12-24(36)40-22/h3-10,13,15,17,22,29H,11-12,14,16H2,1-2H3,(H,30,35)(H,32,38)(H,33,37). The number of carbonyl (C=O) groups excluding carboxylic acids is 4. The van der Waals surface area contributed by atoms with Crippen LogP contribution in [0.15, 0.2) is 65.6 Å². The van der Waals surface area contributed by atoms with Crippen LogP contribution in [-0.4, -0.2) is 52.4 Å². The Hall–Kier alpha value is -4.84. The molecule has 2 unspecified atom stereocenters. The summed E-state index contributed by atoms with van der Waals surface area (Å²) in [5.41, 5.74) is 1.20. The van der Waals surface area contributed by atoms with E-state index in [0.717, 1.165) is 0 Å². The van der Waals surface area contributed by atoms with Gasteiger partial charge in [-0.25, -0.2) is 4.98 Å².